The van der Waals surface area contributed by atoms with Crippen molar-refractivity contribution in [1.29, 1.82) is 0 Å². The lowest BCUT2D eigenvalue weighted by Gasteiger charge is -2.21. The molecular weight excluding hydrogens is 328 g/mol. The zero-order valence-corrected chi connectivity index (χ0v) is 16.1. The maximum atomic E-state index is 12.1. The van der Waals surface area contributed by atoms with Gasteiger partial charge in [0.05, 0.1) is 19.8 Å². The lowest BCUT2D eigenvalue weighted by Crippen LogP contribution is -2.39. The molecule has 1 rings (SSSR count). The molecule has 3 atom stereocenters. The highest BCUT2D eigenvalue weighted by atomic mass is 35.5. The predicted octanol–water partition coefficient (Wildman–Crippen LogP) is 3.46. The zero-order chi connectivity index (χ0) is 17.4. The molecule has 0 bridgehead atoms. The summed E-state index contributed by atoms with van der Waals surface area (Å²) < 4.78 is 11.1. The summed E-state index contributed by atoms with van der Waals surface area (Å²) in [6, 6.07) is 5.45. The zero-order valence-electron chi connectivity index (χ0n) is 15.3. The van der Waals surface area contributed by atoms with Crippen LogP contribution in [0.2, 0.25) is 0 Å². The first-order chi connectivity index (χ1) is 10.9. The van der Waals surface area contributed by atoms with Crippen LogP contribution in [0.1, 0.15) is 52.1 Å². The van der Waals surface area contributed by atoms with E-state index in [4.69, 9.17) is 15.2 Å². The highest BCUT2D eigenvalue weighted by molar-refractivity contribution is 5.85. The largest absolute Gasteiger partial charge is 0.493 e. The number of rotatable bonds is 9. The molecule has 0 spiro atoms. The Kier molecular flexibility index (Phi) is 10.5. The van der Waals surface area contributed by atoms with E-state index in [2.05, 4.69) is 12.2 Å². The van der Waals surface area contributed by atoms with E-state index < -0.39 is 0 Å². The van der Waals surface area contributed by atoms with Crippen LogP contribution in [0.3, 0.4) is 0 Å². The third-order valence-electron chi connectivity index (χ3n) is 4.00. The van der Waals surface area contributed by atoms with Gasteiger partial charge in [0.15, 0.2) is 11.5 Å². The minimum Gasteiger partial charge on any atom is -0.493 e. The molecular formula is C18H31ClN2O3. The van der Waals surface area contributed by atoms with Crippen LogP contribution in [-0.4, -0.2) is 25.7 Å². The molecule has 0 heterocycles. The third kappa shape index (κ3) is 6.57. The van der Waals surface area contributed by atoms with Crippen LogP contribution >= 0.6 is 12.4 Å². The Morgan fingerprint density at radius 3 is 2.46 bits per heavy atom. The number of nitrogens with one attached hydrogen (secondary N) is 1. The fourth-order valence-corrected chi connectivity index (χ4v) is 2.07. The maximum Gasteiger partial charge on any atom is 0.224 e. The van der Waals surface area contributed by atoms with Crippen molar-refractivity contribution in [2.45, 2.75) is 52.6 Å². The Labute approximate surface area is 151 Å². The molecule has 0 aromatic heterocycles. The molecule has 0 aliphatic rings. The molecule has 138 valence electrons. The van der Waals surface area contributed by atoms with Crippen molar-refractivity contribution in [3.63, 3.8) is 0 Å². The molecule has 0 fully saturated rings. The Morgan fingerprint density at radius 1 is 1.25 bits per heavy atom. The van der Waals surface area contributed by atoms with E-state index in [1.54, 1.807) is 7.11 Å². The summed E-state index contributed by atoms with van der Waals surface area (Å²) in [6.07, 6.45) is 2.09. The molecule has 1 aromatic rings. The van der Waals surface area contributed by atoms with Crippen LogP contribution in [-0.2, 0) is 4.79 Å². The monoisotopic (exact) mass is 358 g/mol. The van der Waals surface area contributed by atoms with E-state index in [1.165, 1.54) is 0 Å². The number of amides is 1. The van der Waals surface area contributed by atoms with E-state index in [1.807, 2.05) is 39.0 Å². The van der Waals surface area contributed by atoms with Crippen molar-refractivity contribution in [2.24, 2.45) is 11.7 Å². The van der Waals surface area contributed by atoms with Crippen molar-refractivity contribution >= 4 is 18.3 Å². The van der Waals surface area contributed by atoms with Gasteiger partial charge < -0.3 is 20.5 Å². The quantitative estimate of drug-likeness (QED) is 0.663. The Morgan fingerprint density at radius 2 is 1.92 bits per heavy atom. The highest BCUT2D eigenvalue weighted by Crippen LogP contribution is 2.30. The summed E-state index contributed by atoms with van der Waals surface area (Å²) in [6.45, 7) is 8.40. The van der Waals surface area contributed by atoms with Gasteiger partial charge in [-0.1, -0.05) is 26.3 Å². The number of nitrogens with two attached hydrogens (primary N) is 1. The van der Waals surface area contributed by atoms with E-state index in [0.717, 1.165) is 24.2 Å². The number of halogens is 1. The van der Waals surface area contributed by atoms with Crippen molar-refractivity contribution < 1.29 is 14.3 Å². The second-order valence-corrected chi connectivity index (χ2v) is 5.99. The van der Waals surface area contributed by atoms with Gasteiger partial charge in [-0.3, -0.25) is 4.79 Å². The van der Waals surface area contributed by atoms with E-state index in [0.29, 0.717) is 12.4 Å². The number of hydrogen-bond acceptors (Lipinski definition) is 4. The fraction of sp³-hybridized carbons (Fsp3) is 0.611. The van der Waals surface area contributed by atoms with Gasteiger partial charge in [0.1, 0.15) is 0 Å². The third-order valence-corrected chi connectivity index (χ3v) is 4.00. The van der Waals surface area contributed by atoms with Gasteiger partial charge in [0.25, 0.3) is 0 Å². The standard InChI is InChI=1S/C18H30N2O3.ClH/c1-6-7-10-23-16-9-8-15(11-17(16)22-5)14(4)20-18(21)12(2)13(3)19;/h8-9,11-14H,6-7,10,19H2,1-5H3,(H,20,21);1H. The molecule has 1 aromatic carbocycles. The van der Waals surface area contributed by atoms with Crippen LogP contribution in [0.25, 0.3) is 0 Å². The van der Waals surface area contributed by atoms with Crippen molar-refractivity contribution in [1.82, 2.24) is 5.32 Å². The van der Waals surface area contributed by atoms with E-state index >= 15 is 0 Å². The smallest absolute Gasteiger partial charge is 0.224 e. The molecule has 3 unspecified atom stereocenters. The van der Waals surface area contributed by atoms with Crippen LogP contribution in [0.15, 0.2) is 18.2 Å². The Bertz CT molecular complexity index is 509. The Hall–Kier alpha value is -1.46. The number of carbonyl (C=O) groups is 1. The summed E-state index contributed by atoms with van der Waals surface area (Å²) >= 11 is 0. The average Bonchev–Trinajstić information content (AvgIpc) is 2.54. The predicted molar refractivity (Wildman–Crippen MR) is 100 cm³/mol. The van der Waals surface area contributed by atoms with Crippen LogP contribution in [0.4, 0.5) is 0 Å². The minimum atomic E-state index is -0.226. The van der Waals surface area contributed by atoms with Gasteiger partial charge in [0, 0.05) is 12.0 Å². The number of unbranched alkanes of at least 4 members (excludes halogenated alkanes) is 1. The number of carbonyl (C=O) groups excluding carboxylic acids is 1. The van der Waals surface area contributed by atoms with Gasteiger partial charge in [-0.25, -0.2) is 0 Å². The normalized spacial score (nSPS) is 14.1. The van der Waals surface area contributed by atoms with Crippen LogP contribution in [0, 0.1) is 5.92 Å². The minimum absolute atomic E-state index is 0. The van der Waals surface area contributed by atoms with Crippen molar-refractivity contribution in [3.8, 4) is 11.5 Å². The summed E-state index contributed by atoms with van der Waals surface area (Å²) in [4.78, 5) is 12.1. The molecule has 0 saturated carbocycles. The van der Waals surface area contributed by atoms with Crippen molar-refractivity contribution in [3.05, 3.63) is 23.8 Å². The van der Waals surface area contributed by atoms with Gasteiger partial charge in [-0.15, -0.1) is 12.4 Å². The molecule has 24 heavy (non-hydrogen) atoms. The first-order valence-electron chi connectivity index (χ1n) is 8.27. The molecule has 3 N–H and O–H groups in total. The molecule has 0 aliphatic carbocycles. The second kappa shape index (κ2) is 11.2. The molecule has 1 amide bonds. The molecule has 5 nitrogen and oxygen atoms in total. The van der Waals surface area contributed by atoms with E-state index in [9.17, 15) is 4.79 Å². The van der Waals surface area contributed by atoms with Crippen LogP contribution < -0.4 is 20.5 Å². The summed E-state index contributed by atoms with van der Waals surface area (Å²) in [5.41, 5.74) is 6.74. The summed E-state index contributed by atoms with van der Waals surface area (Å²) in [5, 5.41) is 2.99. The molecule has 0 radical (unpaired) electrons. The topological polar surface area (TPSA) is 73.6 Å². The van der Waals surface area contributed by atoms with Gasteiger partial charge in [0.2, 0.25) is 5.91 Å². The fourth-order valence-electron chi connectivity index (χ4n) is 2.07. The number of hydrogen-bond donors (Lipinski definition) is 2. The molecule has 6 heteroatoms. The lowest BCUT2D eigenvalue weighted by atomic mass is 10.0. The molecule has 0 aliphatic heterocycles. The van der Waals surface area contributed by atoms with Crippen molar-refractivity contribution in [2.75, 3.05) is 13.7 Å². The van der Waals surface area contributed by atoms with Gasteiger partial charge in [-0.05, 0) is 38.0 Å². The van der Waals surface area contributed by atoms with E-state index in [-0.39, 0.29) is 36.3 Å². The Balaban J connectivity index is 0.00000529. The first-order valence-corrected chi connectivity index (χ1v) is 8.27. The van der Waals surface area contributed by atoms with Gasteiger partial charge >= 0.3 is 0 Å². The maximum absolute atomic E-state index is 12.1. The summed E-state index contributed by atoms with van der Waals surface area (Å²) in [7, 11) is 1.62. The number of benzene rings is 1. The first kappa shape index (κ1) is 22.5. The van der Waals surface area contributed by atoms with Crippen LogP contribution in [0.5, 0.6) is 11.5 Å². The molecule has 0 saturated heterocycles. The number of methoxy groups -OCH3 is 1. The summed E-state index contributed by atoms with van der Waals surface area (Å²) in [5.74, 6) is 1.14. The highest BCUT2D eigenvalue weighted by Gasteiger charge is 2.20. The SMILES string of the molecule is CCCCOc1ccc(C(C)NC(=O)C(C)C(C)N)cc1OC.Cl. The number of ether oxygens (including phenoxy) is 2. The average molecular weight is 359 g/mol. The lowest BCUT2D eigenvalue weighted by molar-refractivity contribution is -0.125. The van der Waals surface area contributed by atoms with Gasteiger partial charge in [-0.2, -0.15) is 0 Å². The second-order valence-electron chi connectivity index (χ2n) is 5.99.